The summed E-state index contributed by atoms with van der Waals surface area (Å²) in [4.78, 5) is 11.8. The third-order valence-electron chi connectivity index (χ3n) is 3.68. The first-order valence-corrected chi connectivity index (χ1v) is 6.86. The van der Waals surface area contributed by atoms with Gasteiger partial charge in [0.1, 0.15) is 11.5 Å². The average Bonchev–Trinajstić information content (AvgIpc) is 2.43. The molecule has 1 aliphatic carbocycles. The highest BCUT2D eigenvalue weighted by Gasteiger charge is 2.37. The number of carbonyl (C=O) groups excluding carboxylic acids is 1. The molecule has 20 heavy (non-hydrogen) atoms. The lowest BCUT2D eigenvalue weighted by molar-refractivity contribution is -0.125. The first kappa shape index (κ1) is 14.7. The van der Waals surface area contributed by atoms with Gasteiger partial charge < -0.3 is 19.9 Å². The molecule has 110 valence electrons. The fraction of sp³-hybridized carbons (Fsp3) is 0.533. The van der Waals surface area contributed by atoms with Crippen LogP contribution in [0.3, 0.4) is 0 Å². The number of carbonyl (C=O) groups is 1. The molecule has 0 heterocycles. The van der Waals surface area contributed by atoms with Gasteiger partial charge in [0.05, 0.1) is 32.3 Å². The molecule has 1 aromatic rings. The van der Waals surface area contributed by atoms with Crippen molar-refractivity contribution in [2.24, 2.45) is 0 Å². The zero-order valence-corrected chi connectivity index (χ0v) is 11.7. The van der Waals surface area contributed by atoms with Crippen LogP contribution in [0.25, 0.3) is 0 Å². The number of ether oxygens (including phenoxy) is 2. The van der Waals surface area contributed by atoms with Gasteiger partial charge in [0.25, 0.3) is 0 Å². The van der Waals surface area contributed by atoms with Crippen LogP contribution in [0.1, 0.15) is 25.7 Å². The van der Waals surface area contributed by atoms with Crippen molar-refractivity contribution in [2.75, 3.05) is 20.3 Å². The molecule has 1 fully saturated rings. The van der Waals surface area contributed by atoms with Crippen molar-refractivity contribution in [3.8, 4) is 11.5 Å². The number of benzene rings is 1. The van der Waals surface area contributed by atoms with Gasteiger partial charge in [-0.2, -0.15) is 0 Å². The molecule has 2 N–H and O–H groups in total. The van der Waals surface area contributed by atoms with Gasteiger partial charge in [-0.05, 0) is 43.5 Å². The molecule has 0 unspecified atom stereocenters. The van der Waals surface area contributed by atoms with Gasteiger partial charge in [0.2, 0.25) is 5.91 Å². The van der Waals surface area contributed by atoms with Crippen LogP contribution in [0, 0.1) is 0 Å². The van der Waals surface area contributed by atoms with Crippen LogP contribution in [0.5, 0.6) is 11.5 Å². The van der Waals surface area contributed by atoms with E-state index in [-0.39, 0.29) is 24.5 Å². The molecule has 5 nitrogen and oxygen atoms in total. The first-order chi connectivity index (χ1) is 9.67. The summed E-state index contributed by atoms with van der Waals surface area (Å²) in [5, 5.41) is 12.2. The van der Waals surface area contributed by atoms with Crippen LogP contribution in [0.15, 0.2) is 24.3 Å². The van der Waals surface area contributed by atoms with Crippen molar-refractivity contribution in [1.29, 1.82) is 0 Å². The molecule has 0 atom stereocenters. The van der Waals surface area contributed by atoms with E-state index in [0.29, 0.717) is 12.4 Å². The maximum atomic E-state index is 11.8. The number of hydrogen-bond acceptors (Lipinski definition) is 4. The van der Waals surface area contributed by atoms with Gasteiger partial charge >= 0.3 is 0 Å². The summed E-state index contributed by atoms with van der Waals surface area (Å²) in [7, 11) is 1.61. The summed E-state index contributed by atoms with van der Waals surface area (Å²) < 4.78 is 10.6. The van der Waals surface area contributed by atoms with Crippen molar-refractivity contribution in [3.63, 3.8) is 0 Å². The zero-order chi connectivity index (χ0) is 14.4. The second-order valence-corrected chi connectivity index (χ2v) is 5.11. The summed E-state index contributed by atoms with van der Waals surface area (Å²) >= 11 is 0. The summed E-state index contributed by atoms with van der Waals surface area (Å²) in [5.74, 6) is 1.40. The molecule has 1 amide bonds. The van der Waals surface area contributed by atoms with E-state index in [0.717, 1.165) is 25.0 Å². The molecule has 0 radical (unpaired) electrons. The molecule has 1 saturated carbocycles. The van der Waals surface area contributed by atoms with Crippen LogP contribution < -0.4 is 14.8 Å². The van der Waals surface area contributed by atoms with E-state index in [1.807, 2.05) is 12.1 Å². The van der Waals surface area contributed by atoms with Gasteiger partial charge in [-0.3, -0.25) is 4.79 Å². The Morgan fingerprint density at radius 1 is 1.30 bits per heavy atom. The predicted octanol–water partition coefficient (Wildman–Crippen LogP) is 1.50. The van der Waals surface area contributed by atoms with Crippen LogP contribution in [-0.4, -0.2) is 36.9 Å². The highest BCUT2D eigenvalue weighted by molar-refractivity contribution is 5.77. The summed E-state index contributed by atoms with van der Waals surface area (Å²) in [6, 6.07) is 7.23. The van der Waals surface area contributed by atoms with Crippen molar-refractivity contribution >= 4 is 5.91 Å². The topological polar surface area (TPSA) is 67.8 Å². The van der Waals surface area contributed by atoms with E-state index in [2.05, 4.69) is 5.32 Å². The predicted molar refractivity (Wildman–Crippen MR) is 74.9 cm³/mol. The molecule has 0 aromatic heterocycles. The van der Waals surface area contributed by atoms with Gasteiger partial charge in [-0.25, -0.2) is 0 Å². The fourth-order valence-corrected chi connectivity index (χ4v) is 2.22. The summed E-state index contributed by atoms with van der Waals surface area (Å²) in [6.07, 6.45) is 3.06. The molecule has 1 aliphatic rings. The Labute approximate surface area is 118 Å². The molecule has 0 bridgehead atoms. The van der Waals surface area contributed by atoms with E-state index >= 15 is 0 Å². The highest BCUT2D eigenvalue weighted by Crippen LogP contribution is 2.31. The average molecular weight is 279 g/mol. The lowest BCUT2D eigenvalue weighted by Crippen LogP contribution is -2.56. The summed E-state index contributed by atoms with van der Waals surface area (Å²) in [6.45, 7) is 0.331. The maximum Gasteiger partial charge on any atom is 0.223 e. The van der Waals surface area contributed by atoms with Crippen molar-refractivity contribution in [1.82, 2.24) is 5.32 Å². The molecule has 2 rings (SSSR count). The second-order valence-electron chi connectivity index (χ2n) is 5.11. The molecule has 0 saturated heterocycles. The maximum absolute atomic E-state index is 11.8. The molecular formula is C15H21NO4. The Kier molecular flexibility index (Phi) is 4.84. The first-order valence-electron chi connectivity index (χ1n) is 6.86. The van der Waals surface area contributed by atoms with Gasteiger partial charge in [-0.1, -0.05) is 0 Å². The molecule has 0 spiro atoms. The molecule has 5 heteroatoms. The number of amides is 1. The fourth-order valence-electron chi connectivity index (χ4n) is 2.22. The van der Waals surface area contributed by atoms with Crippen LogP contribution in [0.4, 0.5) is 0 Å². The normalized spacial score (nSPS) is 16.1. The highest BCUT2D eigenvalue weighted by atomic mass is 16.5. The number of methoxy groups -OCH3 is 1. The Morgan fingerprint density at radius 2 is 1.95 bits per heavy atom. The largest absolute Gasteiger partial charge is 0.497 e. The van der Waals surface area contributed by atoms with Crippen molar-refractivity contribution in [3.05, 3.63) is 24.3 Å². The number of hydrogen-bond donors (Lipinski definition) is 2. The molecule has 0 aliphatic heterocycles. The lowest BCUT2D eigenvalue weighted by atomic mass is 9.77. The van der Waals surface area contributed by atoms with E-state index in [9.17, 15) is 9.90 Å². The standard InChI is InChI=1S/C15H21NO4/c1-19-12-3-5-13(6-4-12)20-10-7-14(18)16-15(11-17)8-2-9-15/h3-6,17H,2,7-11H2,1H3,(H,16,18). The van der Waals surface area contributed by atoms with Gasteiger partial charge in [0.15, 0.2) is 0 Å². The van der Waals surface area contributed by atoms with Crippen LogP contribution in [0.2, 0.25) is 0 Å². The van der Waals surface area contributed by atoms with E-state index in [1.165, 1.54) is 0 Å². The number of rotatable bonds is 7. The third-order valence-corrected chi connectivity index (χ3v) is 3.68. The van der Waals surface area contributed by atoms with Crippen molar-refractivity contribution < 1.29 is 19.4 Å². The van der Waals surface area contributed by atoms with E-state index < -0.39 is 0 Å². The van der Waals surface area contributed by atoms with E-state index in [4.69, 9.17) is 9.47 Å². The number of aliphatic hydroxyl groups is 1. The molecule has 1 aromatic carbocycles. The Bertz CT molecular complexity index is 434. The Hall–Kier alpha value is -1.75. The van der Waals surface area contributed by atoms with Crippen molar-refractivity contribution in [2.45, 2.75) is 31.2 Å². The molecular weight excluding hydrogens is 258 g/mol. The number of aliphatic hydroxyl groups excluding tert-OH is 1. The van der Waals surface area contributed by atoms with Gasteiger partial charge in [-0.15, -0.1) is 0 Å². The van der Waals surface area contributed by atoms with Crippen LogP contribution >= 0.6 is 0 Å². The second kappa shape index (κ2) is 6.61. The minimum Gasteiger partial charge on any atom is -0.497 e. The smallest absolute Gasteiger partial charge is 0.223 e. The monoisotopic (exact) mass is 279 g/mol. The van der Waals surface area contributed by atoms with E-state index in [1.54, 1.807) is 19.2 Å². The van der Waals surface area contributed by atoms with Crippen LogP contribution in [-0.2, 0) is 4.79 Å². The quantitative estimate of drug-likeness (QED) is 0.793. The SMILES string of the molecule is COc1ccc(OCCC(=O)NC2(CO)CCC2)cc1. The third kappa shape index (κ3) is 3.63. The Balaban J connectivity index is 1.70. The zero-order valence-electron chi connectivity index (χ0n) is 11.7. The number of nitrogens with one attached hydrogen (secondary N) is 1. The Morgan fingerprint density at radius 3 is 2.45 bits per heavy atom. The minimum atomic E-state index is -0.378. The summed E-state index contributed by atoms with van der Waals surface area (Å²) in [5.41, 5.74) is -0.378. The minimum absolute atomic E-state index is 0.0120. The van der Waals surface area contributed by atoms with Gasteiger partial charge in [0, 0.05) is 0 Å². The lowest BCUT2D eigenvalue weighted by Gasteiger charge is -2.40.